The number of sulfone groups is 2. The molecular formula is C22H30ClNO7S3. The topological polar surface area (TPSA) is 126 Å². The molecule has 0 aliphatic carbocycles. The summed E-state index contributed by atoms with van der Waals surface area (Å²) >= 11 is 6.14. The molecule has 0 heterocycles. The summed E-state index contributed by atoms with van der Waals surface area (Å²) in [5.41, 5.74) is 0.497. The monoisotopic (exact) mass is 551 g/mol. The van der Waals surface area contributed by atoms with Crippen molar-refractivity contribution in [3.63, 3.8) is 0 Å². The van der Waals surface area contributed by atoms with Crippen LogP contribution < -0.4 is 4.31 Å². The lowest BCUT2D eigenvalue weighted by Crippen LogP contribution is -2.39. The standard InChI is InChI=1S/C22H30ClNO7S3/c1-4-32(26,27)14-6-7-17(3)24(22-15-19(23)9-8-18(22)16-25)34(30,31)21-12-10-20(11-13-21)33(28,29)5-2/h8-13,15,17,25H,4-7,14,16H2,1-3H3/t17-/m1/s1. The minimum Gasteiger partial charge on any atom is -0.392 e. The van der Waals surface area contributed by atoms with Gasteiger partial charge >= 0.3 is 0 Å². The van der Waals surface area contributed by atoms with Gasteiger partial charge < -0.3 is 5.11 Å². The zero-order valence-corrected chi connectivity index (χ0v) is 22.5. The fraction of sp³-hybridized carbons (Fsp3) is 0.455. The van der Waals surface area contributed by atoms with E-state index in [2.05, 4.69) is 0 Å². The summed E-state index contributed by atoms with van der Waals surface area (Å²) in [5.74, 6) is -0.196. The SMILES string of the molecule is CCS(=O)(=O)CCC[C@@H](C)N(c1cc(Cl)ccc1CO)S(=O)(=O)c1ccc(S(=O)(=O)CC)cc1. The summed E-state index contributed by atoms with van der Waals surface area (Å²) in [5, 5.41) is 10.1. The molecule has 2 aromatic carbocycles. The molecule has 0 fully saturated rings. The Kier molecular flexibility index (Phi) is 9.57. The Labute approximate surface area is 207 Å². The number of nitrogens with zero attached hydrogens (tertiary/aromatic N) is 1. The second kappa shape index (κ2) is 11.4. The normalized spacial score (nSPS) is 13.6. The van der Waals surface area contributed by atoms with Crippen LogP contribution in [0.25, 0.3) is 0 Å². The Hall–Kier alpha value is -1.66. The van der Waals surface area contributed by atoms with Crippen LogP contribution in [-0.4, -0.2) is 53.7 Å². The lowest BCUT2D eigenvalue weighted by Gasteiger charge is -2.32. The first-order valence-electron chi connectivity index (χ1n) is 10.8. The molecule has 0 aliphatic heterocycles. The average Bonchev–Trinajstić information content (AvgIpc) is 2.79. The third-order valence-corrected chi connectivity index (χ3v) is 11.2. The van der Waals surface area contributed by atoms with Gasteiger partial charge in [-0.2, -0.15) is 0 Å². The zero-order valence-electron chi connectivity index (χ0n) is 19.3. The molecule has 0 spiro atoms. The number of halogens is 1. The van der Waals surface area contributed by atoms with Gasteiger partial charge in [0.25, 0.3) is 10.0 Å². The summed E-state index contributed by atoms with van der Waals surface area (Å²) in [6.07, 6.45) is 0.476. The van der Waals surface area contributed by atoms with Crippen LogP contribution in [0.2, 0.25) is 5.02 Å². The molecular weight excluding hydrogens is 522 g/mol. The molecule has 2 aromatic rings. The van der Waals surface area contributed by atoms with Crippen molar-refractivity contribution in [2.75, 3.05) is 21.6 Å². The van der Waals surface area contributed by atoms with Gasteiger partial charge in [0, 0.05) is 22.4 Å². The predicted molar refractivity (Wildman–Crippen MR) is 134 cm³/mol. The number of benzene rings is 2. The van der Waals surface area contributed by atoms with E-state index in [0.717, 1.165) is 4.31 Å². The number of hydrogen-bond acceptors (Lipinski definition) is 7. The quantitative estimate of drug-likeness (QED) is 0.428. The zero-order chi connectivity index (χ0) is 25.7. The van der Waals surface area contributed by atoms with Crippen LogP contribution in [-0.2, 0) is 36.3 Å². The maximum absolute atomic E-state index is 13.7. The smallest absolute Gasteiger partial charge is 0.264 e. The lowest BCUT2D eigenvalue weighted by atomic mass is 10.1. The van der Waals surface area contributed by atoms with Crippen molar-refractivity contribution >= 4 is 47.0 Å². The highest BCUT2D eigenvalue weighted by Crippen LogP contribution is 2.33. The van der Waals surface area contributed by atoms with Crippen molar-refractivity contribution in [1.82, 2.24) is 0 Å². The summed E-state index contributed by atoms with van der Waals surface area (Å²) in [4.78, 5) is -0.128. The molecule has 0 aromatic heterocycles. The molecule has 0 unspecified atom stereocenters. The molecule has 1 N–H and O–H groups in total. The van der Waals surface area contributed by atoms with Crippen LogP contribution >= 0.6 is 11.6 Å². The number of aliphatic hydroxyl groups is 1. The summed E-state index contributed by atoms with van der Waals surface area (Å²) in [6, 6.07) is 8.74. The highest BCUT2D eigenvalue weighted by Gasteiger charge is 2.31. The summed E-state index contributed by atoms with van der Waals surface area (Å²) < 4.78 is 76.6. The largest absolute Gasteiger partial charge is 0.392 e. The minimum atomic E-state index is -4.22. The van der Waals surface area contributed by atoms with Crippen LogP contribution in [0.4, 0.5) is 5.69 Å². The molecule has 8 nitrogen and oxygen atoms in total. The maximum atomic E-state index is 13.7. The second-order valence-electron chi connectivity index (χ2n) is 7.83. The lowest BCUT2D eigenvalue weighted by molar-refractivity contribution is 0.282. The summed E-state index contributed by atoms with van der Waals surface area (Å²) in [7, 11) is -11.0. The van der Waals surface area contributed by atoms with E-state index >= 15 is 0 Å². The van der Waals surface area contributed by atoms with Gasteiger partial charge in [0.05, 0.1) is 33.6 Å². The number of aliphatic hydroxyl groups excluding tert-OH is 1. The number of rotatable bonds is 12. The fourth-order valence-electron chi connectivity index (χ4n) is 3.44. The van der Waals surface area contributed by atoms with E-state index in [0.29, 0.717) is 5.56 Å². The van der Waals surface area contributed by atoms with E-state index in [4.69, 9.17) is 11.6 Å². The number of hydrogen-bond donors (Lipinski definition) is 1. The fourth-order valence-corrected chi connectivity index (χ4v) is 7.10. The average molecular weight is 552 g/mol. The molecule has 0 saturated heterocycles. The van der Waals surface area contributed by atoms with Crippen molar-refractivity contribution in [1.29, 1.82) is 0 Å². The van der Waals surface area contributed by atoms with Crippen LogP contribution in [0, 0.1) is 0 Å². The molecule has 0 aliphatic rings. The first kappa shape index (κ1) is 28.6. The van der Waals surface area contributed by atoms with Crippen molar-refractivity contribution < 1.29 is 30.4 Å². The highest BCUT2D eigenvalue weighted by atomic mass is 35.5. The number of sulfonamides is 1. The van der Waals surface area contributed by atoms with Crippen molar-refractivity contribution in [2.24, 2.45) is 0 Å². The minimum absolute atomic E-state index is 0.000631. The molecule has 12 heteroatoms. The third kappa shape index (κ3) is 6.72. The molecule has 0 amide bonds. The third-order valence-electron chi connectivity index (χ3n) is 5.49. The first-order valence-corrected chi connectivity index (χ1v) is 16.0. The van der Waals surface area contributed by atoms with E-state index < -0.39 is 42.3 Å². The van der Waals surface area contributed by atoms with Gasteiger partial charge in [0.15, 0.2) is 9.84 Å². The Morgan fingerprint density at radius 2 is 1.50 bits per heavy atom. The van der Waals surface area contributed by atoms with Crippen molar-refractivity contribution in [2.45, 2.75) is 56.1 Å². The molecule has 0 saturated carbocycles. The van der Waals surface area contributed by atoms with Gasteiger partial charge in [-0.05, 0) is 56.2 Å². The van der Waals surface area contributed by atoms with Gasteiger partial charge in [-0.15, -0.1) is 0 Å². The van der Waals surface area contributed by atoms with Gasteiger partial charge in [-0.1, -0.05) is 31.5 Å². The molecule has 0 radical (unpaired) electrons. The Morgan fingerprint density at radius 3 is 2.03 bits per heavy atom. The van der Waals surface area contributed by atoms with E-state index in [9.17, 15) is 30.4 Å². The van der Waals surface area contributed by atoms with Crippen LogP contribution in [0.15, 0.2) is 52.3 Å². The van der Waals surface area contributed by atoms with Crippen molar-refractivity contribution in [3.8, 4) is 0 Å². The predicted octanol–water partition coefficient (Wildman–Crippen LogP) is 3.42. The molecule has 2 rings (SSSR count). The first-order chi connectivity index (χ1) is 15.8. The van der Waals surface area contributed by atoms with Gasteiger partial charge in [-0.25, -0.2) is 25.3 Å². The van der Waals surface area contributed by atoms with Gasteiger partial charge in [0.1, 0.15) is 9.84 Å². The number of anilines is 1. The van der Waals surface area contributed by atoms with Gasteiger partial charge in [-0.3, -0.25) is 4.31 Å². The van der Waals surface area contributed by atoms with E-state index in [1.54, 1.807) is 13.8 Å². The highest BCUT2D eigenvalue weighted by molar-refractivity contribution is 7.93. The summed E-state index contributed by atoms with van der Waals surface area (Å²) in [6.45, 7) is 4.26. The van der Waals surface area contributed by atoms with E-state index in [1.165, 1.54) is 49.4 Å². The molecule has 190 valence electrons. The second-order valence-corrected chi connectivity index (χ2v) is 14.8. The molecule has 1 atom stereocenters. The van der Waals surface area contributed by atoms with Crippen LogP contribution in [0.1, 0.15) is 39.2 Å². The Bertz CT molecular complexity index is 1310. The van der Waals surface area contributed by atoms with Crippen LogP contribution in [0.3, 0.4) is 0 Å². The van der Waals surface area contributed by atoms with E-state index in [1.807, 2.05) is 0 Å². The molecule has 34 heavy (non-hydrogen) atoms. The maximum Gasteiger partial charge on any atom is 0.264 e. The Morgan fingerprint density at radius 1 is 0.912 bits per heavy atom. The van der Waals surface area contributed by atoms with Crippen molar-refractivity contribution in [3.05, 3.63) is 53.1 Å². The van der Waals surface area contributed by atoms with Gasteiger partial charge in [0.2, 0.25) is 0 Å². The van der Waals surface area contributed by atoms with E-state index in [-0.39, 0.29) is 50.6 Å². The molecule has 0 bridgehead atoms. The van der Waals surface area contributed by atoms with Crippen LogP contribution in [0.5, 0.6) is 0 Å². The Balaban J connectivity index is 2.55.